The summed E-state index contributed by atoms with van der Waals surface area (Å²) in [5.41, 5.74) is 5.90. The predicted octanol–water partition coefficient (Wildman–Crippen LogP) is -0.113. The van der Waals surface area contributed by atoms with E-state index in [1.54, 1.807) is 24.0 Å². The molecule has 1 aromatic rings. The maximum Gasteiger partial charge on any atom is 0.272 e. The number of hydrogen-bond donors (Lipinski definition) is 2. The van der Waals surface area contributed by atoms with Crippen molar-refractivity contribution in [1.29, 1.82) is 0 Å². The van der Waals surface area contributed by atoms with Crippen molar-refractivity contribution in [1.82, 2.24) is 15.1 Å². The molecule has 5 heteroatoms. The number of carbonyl (C=O) groups excluding carboxylic acids is 1. The van der Waals surface area contributed by atoms with E-state index in [1.807, 2.05) is 6.92 Å². The van der Waals surface area contributed by atoms with E-state index in [0.29, 0.717) is 12.2 Å². The fourth-order valence-electron chi connectivity index (χ4n) is 1.12. The topological polar surface area (TPSA) is 72.9 Å². The quantitative estimate of drug-likeness (QED) is 0.705. The number of nitrogens with one attached hydrogen (secondary N) is 1. The lowest BCUT2D eigenvalue weighted by Crippen LogP contribution is -2.39. The zero-order valence-corrected chi connectivity index (χ0v) is 8.53. The van der Waals surface area contributed by atoms with Gasteiger partial charge in [0.25, 0.3) is 5.91 Å². The van der Waals surface area contributed by atoms with E-state index < -0.39 is 0 Å². The molecule has 0 fully saturated rings. The Hall–Kier alpha value is -1.36. The van der Waals surface area contributed by atoms with E-state index in [2.05, 4.69) is 10.4 Å². The number of hydrogen-bond acceptors (Lipinski definition) is 3. The first-order chi connectivity index (χ1) is 6.67. The minimum atomic E-state index is -0.164. The van der Waals surface area contributed by atoms with Crippen LogP contribution < -0.4 is 11.1 Å². The van der Waals surface area contributed by atoms with Crippen molar-refractivity contribution in [3.05, 3.63) is 18.0 Å². The van der Waals surface area contributed by atoms with Crippen LogP contribution in [0.2, 0.25) is 0 Å². The lowest BCUT2D eigenvalue weighted by Gasteiger charge is -2.12. The van der Waals surface area contributed by atoms with Gasteiger partial charge in [0.2, 0.25) is 0 Å². The molecule has 3 N–H and O–H groups in total. The Kier molecular flexibility index (Phi) is 3.64. The average molecular weight is 196 g/mol. The maximum atomic E-state index is 11.5. The molecule has 0 spiro atoms. The normalized spacial score (nSPS) is 12.5. The molecule has 0 aliphatic heterocycles. The SMILES string of the molecule is CCC(CN)NC(=O)c1ccn(C)n1. The van der Waals surface area contributed by atoms with E-state index in [-0.39, 0.29) is 11.9 Å². The number of carbonyl (C=O) groups is 1. The zero-order chi connectivity index (χ0) is 10.6. The van der Waals surface area contributed by atoms with Crippen LogP contribution in [0, 0.1) is 0 Å². The van der Waals surface area contributed by atoms with Gasteiger partial charge in [-0.25, -0.2) is 0 Å². The van der Waals surface area contributed by atoms with Crippen molar-refractivity contribution >= 4 is 5.91 Å². The van der Waals surface area contributed by atoms with Gasteiger partial charge >= 0.3 is 0 Å². The molecule has 0 aliphatic carbocycles. The molecule has 1 unspecified atom stereocenters. The molecule has 0 aromatic carbocycles. The summed E-state index contributed by atoms with van der Waals surface area (Å²) in [6.45, 7) is 2.44. The highest BCUT2D eigenvalue weighted by Gasteiger charge is 2.12. The molecule has 0 radical (unpaired) electrons. The van der Waals surface area contributed by atoms with Crippen LogP contribution in [0.25, 0.3) is 0 Å². The lowest BCUT2D eigenvalue weighted by atomic mass is 10.2. The summed E-state index contributed by atoms with van der Waals surface area (Å²) in [7, 11) is 1.77. The van der Waals surface area contributed by atoms with Gasteiger partial charge in [-0.2, -0.15) is 5.10 Å². The highest BCUT2D eigenvalue weighted by molar-refractivity contribution is 5.92. The summed E-state index contributed by atoms with van der Waals surface area (Å²) in [4.78, 5) is 11.5. The first-order valence-electron chi connectivity index (χ1n) is 4.68. The Bertz CT molecular complexity index is 304. The minimum absolute atomic E-state index is 0.0320. The second-order valence-electron chi connectivity index (χ2n) is 3.19. The van der Waals surface area contributed by atoms with Gasteiger partial charge in [-0.15, -0.1) is 0 Å². The Morgan fingerprint density at radius 2 is 2.50 bits per heavy atom. The smallest absolute Gasteiger partial charge is 0.272 e. The van der Waals surface area contributed by atoms with Crippen LogP contribution in [0.4, 0.5) is 0 Å². The number of nitrogens with two attached hydrogens (primary N) is 1. The van der Waals surface area contributed by atoms with Crippen LogP contribution >= 0.6 is 0 Å². The molecule has 78 valence electrons. The monoisotopic (exact) mass is 196 g/mol. The Morgan fingerprint density at radius 3 is 2.93 bits per heavy atom. The standard InChI is InChI=1S/C9H16N4O/c1-3-7(6-10)11-9(14)8-4-5-13(2)12-8/h4-5,7H,3,6,10H2,1-2H3,(H,11,14). The largest absolute Gasteiger partial charge is 0.347 e. The lowest BCUT2D eigenvalue weighted by molar-refractivity contribution is 0.0931. The molecule has 1 amide bonds. The van der Waals surface area contributed by atoms with E-state index in [9.17, 15) is 4.79 Å². The number of nitrogens with zero attached hydrogens (tertiary/aromatic N) is 2. The average Bonchev–Trinajstić information content (AvgIpc) is 2.61. The van der Waals surface area contributed by atoms with Crippen LogP contribution in [-0.2, 0) is 7.05 Å². The third-order valence-corrected chi connectivity index (χ3v) is 2.06. The summed E-state index contributed by atoms with van der Waals surface area (Å²) >= 11 is 0. The molecule has 0 saturated carbocycles. The summed E-state index contributed by atoms with van der Waals surface area (Å²) < 4.78 is 1.60. The molecule has 1 aromatic heterocycles. The number of amides is 1. The predicted molar refractivity (Wildman–Crippen MR) is 53.8 cm³/mol. The summed E-state index contributed by atoms with van der Waals surface area (Å²) in [5.74, 6) is -0.164. The van der Waals surface area contributed by atoms with E-state index in [4.69, 9.17) is 5.73 Å². The highest BCUT2D eigenvalue weighted by atomic mass is 16.2. The van der Waals surface area contributed by atoms with Crippen LogP contribution in [0.1, 0.15) is 23.8 Å². The molecule has 5 nitrogen and oxygen atoms in total. The molecule has 1 heterocycles. The Morgan fingerprint density at radius 1 is 1.79 bits per heavy atom. The fourth-order valence-corrected chi connectivity index (χ4v) is 1.12. The Labute approximate surface area is 83.3 Å². The van der Waals surface area contributed by atoms with Crippen molar-refractivity contribution in [2.75, 3.05) is 6.54 Å². The van der Waals surface area contributed by atoms with Gasteiger partial charge in [0.05, 0.1) is 0 Å². The second-order valence-corrected chi connectivity index (χ2v) is 3.19. The van der Waals surface area contributed by atoms with E-state index in [1.165, 1.54) is 0 Å². The first kappa shape index (κ1) is 10.7. The van der Waals surface area contributed by atoms with Crippen LogP contribution in [-0.4, -0.2) is 28.3 Å². The van der Waals surface area contributed by atoms with E-state index >= 15 is 0 Å². The highest BCUT2D eigenvalue weighted by Crippen LogP contribution is 1.96. The molecule has 14 heavy (non-hydrogen) atoms. The van der Waals surface area contributed by atoms with Crippen molar-refractivity contribution in [2.45, 2.75) is 19.4 Å². The molecular formula is C9H16N4O. The van der Waals surface area contributed by atoms with Gasteiger partial charge in [-0.3, -0.25) is 9.48 Å². The van der Waals surface area contributed by atoms with Crippen molar-refractivity contribution in [3.63, 3.8) is 0 Å². The second kappa shape index (κ2) is 4.76. The van der Waals surface area contributed by atoms with Crippen molar-refractivity contribution in [2.24, 2.45) is 12.8 Å². The van der Waals surface area contributed by atoms with Gasteiger partial charge in [-0.1, -0.05) is 6.92 Å². The summed E-state index contributed by atoms with van der Waals surface area (Å²) in [6, 6.07) is 1.71. The first-order valence-corrected chi connectivity index (χ1v) is 4.68. The van der Waals surface area contributed by atoms with Gasteiger partial charge in [0, 0.05) is 25.8 Å². The molecule has 1 rings (SSSR count). The number of aryl methyl sites for hydroxylation is 1. The molecule has 0 bridgehead atoms. The van der Waals surface area contributed by atoms with Gasteiger partial charge < -0.3 is 11.1 Å². The van der Waals surface area contributed by atoms with Gasteiger partial charge in [0.1, 0.15) is 5.69 Å². The molecule has 0 aliphatic rings. The van der Waals surface area contributed by atoms with E-state index in [0.717, 1.165) is 6.42 Å². The van der Waals surface area contributed by atoms with Crippen LogP contribution in [0.5, 0.6) is 0 Å². The summed E-state index contributed by atoms with van der Waals surface area (Å²) in [5, 5.41) is 6.80. The van der Waals surface area contributed by atoms with Crippen molar-refractivity contribution < 1.29 is 4.79 Å². The third kappa shape index (κ3) is 2.56. The number of aromatic nitrogens is 2. The van der Waals surface area contributed by atoms with Gasteiger partial charge in [-0.05, 0) is 12.5 Å². The third-order valence-electron chi connectivity index (χ3n) is 2.06. The van der Waals surface area contributed by atoms with Crippen LogP contribution in [0.15, 0.2) is 12.3 Å². The Balaban J connectivity index is 2.58. The number of rotatable bonds is 4. The zero-order valence-electron chi connectivity index (χ0n) is 8.53. The fraction of sp³-hybridized carbons (Fsp3) is 0.556. The van der Waals surface area contributed by atoms with Crippen molar-refractivity contribution in [3.8, 4) is 0 Å². The minimum Gasteiger partial charge on any atom is -0.347 e. The molecule has 1 atom stereocenters. The maximum absolute atomic E-state index is 11.5. The molecule has 0 saturated heterocycles. The molecular weight excluding hydrogens is 180 g/mol. The van der Waals surface area contributed by atoms with Gasteiger partial charge in [0.15, 0.2) is 0 Å². The summed E-state index contributed by atoms with van der Waals surface area (Å²) in [6.07, 6.45) is 2.56. The van der Waals surface area contributed by atoms with Crippen LogP contribution in [0.3, 0.4) is 0 Å².